The predicted molar refractivity (Wildman–Crippen MR) is 182 cm³/mol. The van der Waals surface area contributed by atoms with Crippen LogP contribution in [0, 0.1) is 18.8 Å². The van der Waals surface area contributed by atoms with Crippen molar-refractivity contribution in [2.45, 2.75) is 45.8 Å². The molecule has 4 N–H and O–H groups in total. The number of aromatic nitrogens is 6. The summed E-state index contributed by atoms with van der Waals surface area (Å²) in [4.78, 5) is 64.3. The monoisotopic (exact) mass is 651 g/mol. The van der Waals surface area contributed by atoms with Crippen LogP contribution in [0.4, 0.5) is 5.95 Å². The first-order valence-electron chi connectivity index (χ1n) is 15.5. The lowest BCUT2D eigenvalue weighted by atomic mass is 10.1. The van der Waals surface area contributed by atoms with Gasteiger partial charge in [-0.25, -0.2) is 14.8 Å². The molecule has 2 aromatic carbocycles. The average Bonchev–Trinajstić information content (AvgIpc) is 3.47. The van der Waals surface area contributed by atoms with E-state index in [0.717, 1.165) is 36.0 Å². The summed E-state index contributed by atoms with van der Waals surface area (Å²) < 4.78 is 4.39. The van der Waals surface area contributed by atoms with E-state index >= 15 is 0 Å². The van der Waals surface area contributed by atoms with Crippen molar-refractivity contribution in [1.29, 1.82) is 0 Å². The molecule has 0 spiro atoms. The summed E-state index contributed by atoms with van der Waals surface area (Å²) in [6, 6.07) is 16.2. The lowest BCUT2D eigenvalue weighted by Crippen LogP contribution is -2.44. The van der Waals surface area contributed by atoms with Crippen molar-refractivity contribution in [1.82, 2.24) is 34.0 Å². The molecule has 5 aromatic rings. The molecule has 1 aliphatic rings. The number of nitrogens with zero attached hydrogens (tertiary/aromatic N) is 7. The normalized spacial score (nSPS) is 14.2. The molecule has 14 nitrogen and oxygen atoms in total. The smallest absolute Gasteiger partial charge is 0.332 e. The fourth-order valence-corrected chi connectivity index (χ4v) is 5.59. The van der Waals surface area contributed by atoms with Crippen LogP contribution in [0.25, 0.3) is 22.1 Å². The summed E-state index contributed by atoms with van der Waals surface area (Å²) in [6.07, 6.45) is 1.88. The largest absolute Gasteiger partial charge is 0.480 e. The minimum atomic E-state index is -1.05. The number of nitrogens with two attached hydrogens (primary N) is 1. The summed E-state index contributed by atoms with van der Waals surface area (Å²) in [5, 5.41) is 11.5. The molecule has 0 aliphatic carbocycles. The van der Waals surface area contributed by atoms with Crippen LogP contribution in [-0.2, 0) is 24.9 Å². The summed E-state index contributed by atoms with van der Waals surface area (Å²) in [5.74, 6) is 5.53. The molecule has 0 saturated carbocycles. The molecule has 1 saturated heterocycles. The van der Waals surface area contributed by atoms with Crippen molar-refractivity contribution in [3.63, 3.8) is 0 Å². The molecule has 4 heterocycles. The van der Waals surface area contributed by atoms with E-state index in [2.05, 4.69) is 32.0 Å². The molecule has 14 heteroatoms. The number of amides is 1. The molecular weight excluding hydrogens is 614 g/mol. The molecule has 0 radical (unpaired) electrons. The number of anilines is 1. The Kier molecular flexibility index (Phi) is 10.3. The molecule has 0 bridgehead atoms. The Balaban J connectivity index is 0.000000292. The highest BCUT2D eigenvalue weighted by Crippen LogP contribution is 2.23. The third kappa shape index (κ3) is 7.26. The van der Waals surface area contributed by atoms with Crippen LogP contribution in [0.1, 0.15) is 41.6 Å². The van der Waals surface area contributed by atoms with Crippen molar-refractivity contribution in [2.75, 3.05) is 24.5 Å². The van der Waals surface area contributed by atoms with Gasteiger partial charge in [0, 0.05) is 42.8 Å². The highest BCUT2D eigenvalue weighted by molar-refractivity contribution is 5.95. The number of carbonyl (C=O) groups is 2. The molecule has 48 heavy (non-hydrogen) atoms. The lowest BCUT2D eigenvalue weighted by molar-refractivity contribution is -0.135. The van der Waals surface area contributed by atoms with E-state index in [9.17, 15) is 19.2 Å². The highest BCUT2D eigenvalue weighted by atomic mass is 16.4. The summed E-state index contributed by atoms with van der Waals surface area (Å²) >= 11 is 0. The van der Waals surface area contributed by atoms with Crippen LogP contribution in [0.15, 0.2) is 64.2 Å². The zero-order valence-electron chi connectivity index (χ0n) is 27.0. The number of hydrogen-bond acceptors (Lipinski definition) is 9. The topological polar surface area (TPSA) is 183 Å². The van der Waals surface area contributed by atoms with Crippen LogP contribution >= 0.6 is 0 Å². The number of benzene rings is 2. The maximum absolute atomic E-state index is 13.7. The number of carboxylic acids is 1. The van der Waals surface area contributed by atoms with Gasteiger partial charge < -0.3 is 21.1 Å². The van der Waals surface area contributed by atoms with E-state index < -0.39 is 17.2 Å². The maximum atomic E-state index is 13.7. The van der Waals surface area contributed by atoms with Crippen LogP contribution < -0.4 is 27.2 Å². The second-order valence-electron chi connectivity index (χ2n) is 11.4. The van der Waals surface area contributed by atoms with E-state index in [0.29, 0.717) is 35.0 Å². The van der Waals surface area contributed by atoms with Crippen molar-refractivity contribution >= 4 is 39.9 Å². The number of aryl methyl sites for hydroxylation is 2. The van der Waals surface area contributed by atoms with Gasteiger partial charge in [-0.3, -0.25) is 28.1 Å². The van der Waals surface area contributed by atoms with Gasteiger partial charge in [0.05, 0.1) is 18.6 Å². The van der Waals surface area contributed by atoms with Crippen molar-refractivity contribution in [3.05, 3.63) is 92.5 Å². The zero-order valence-corrected chi connectivity index (χ0v) is 27.0. The standard InChI is InChI=1S/C25H28N8O2.C9H9NO3/c1-4-5-13-32-21-22(29-24(32)31-12-8-9-17(26)14-31)30(3)25(35)33(23(21)34)15-20-27-16(2)18-10-6-7-11-19(18)28-20;11-8(12)6-10-9(13)7-4-2-1-3-5-7/h6-7,10-11,17H,8-9,12-15,26H2,1-3H3;1-5H,6H2,(H,10,13)(H,11,12)/t17-;/m1./s1. The number of hydrogen-bond donors (Lipinski definition) is 3. The fourth-order valence-electron chi connectivity index (χ4n) is 5.59. The van der Waals surface area contributed by atoms with Gasteiger partial charge in [0.2, 0.25) is 5.95 Å². The highest BCUT2D eigenvalue weighted by Gasteiger charge is 2.26. The number of carbonyl (C=O) groups excluding carboxylic acids is 1. The van der Waals surface area contributed by atoms with E-state index in [1.165, 1.54) is 9.13 Å². The first-order chi connectivity index (χ1) is 23.1. The van der Waals surface area contributed by atoms with Gasteiger partial charge in [0.1, 0.15) is 12.4 Å². The summed E-state index contributed by atoms with van der Waals surface area (Å²) in [7, 11) is 1.63. The van der Waals surface area contributed by atoms with Gasteiger partial charge in [0.25, 0.3) is 11.5 Å². The van der Waals surface area contributed by atoms with Gasteiger partial charge in [-0.1, -0.05) is 42.3 Å². The molecule has 1 amide bonds. The first kappa shape index (κ1) is 33.6. The number of fused-ring (bicyclic) bond motifs is 2. The third-order valence-corrected chi connectivity index (χ3v) is 7.94. The SMILES string of the molecule is CC#CCn1c(N2CCC[C@@H](N)C2)nc2c1c(=O)n(Cc1nc(C)c3ccccc3n1)c(=O)n2C.O=C(O)CNC(=O)c1ccccc1. The second-order valence-corrected chi connectivity index (χ2v) is 11.4. The van der Waals surface area contributed by atoms with Gasteiger partial charge in [0.15, 0.2) is 11.2 Å². The number of imidazole rings is 1. The minimum absolute atomic E-state index is 0.0306. The Morgan fingerprint density at radius 3 is 2.48 bits per heavy atom. The van der Waals surface area contributed by atoms with Gasteiger partial charge >= 0.3 is 11.7 Å². The van der Waals surface area contributed by atoms with Gasteiger partial charge in [-0.05, 0) is 44.9 Å². The summed E-state index contributed by atoms with van der Waals surface area (Å²) in [6.45, 7) is 4.95. The van der Waals surface area contributed by atoms with Gasteiger partial charge in [-0.2, -0.15) is 4.98 Å². The molecule has 1 aliphatic heterocycles. The number of para-hydroxylation sites is 1. The van der Waals surface area contributed by atoms with Gasteiger partial charge in [-0.15, -0.1) is 5.92 Å². The van der Waals surface area contributed by atoms with Crippen LogP contribution in [-0.4, -0.2) is 71.3 Å². The third-order valence-electron chi connectivity index (χ3n) is 7.94. The Morgan fingerprint density at radius 2 is 1.77 bits per heavy atom. The molecule has 6 rings (SSSR count). The average molecular weight is 652 g/mol. The lowest BCUT2D eigenvalue weighted by Gasteiger charge is -2.31. The number of rotatable bonds is 7. The van der Waals surface area contributed by atoms with Crippen molar-refractivity contribution in [2.24, 2.45) is 12.8 Å². The second kappa shape index (κ2) is 14.7. The van der Waals surface area contributed by atoms with Crippen LogP contribution in [0.5, 0.6) is 0 Å². The molecule has 1 atom stereocenters. The van der Waals surface area contributed by atoms with Crippen molar-refractivity contribution in [3.8, 4) is 11.8 Å². The quantitative estimate of drug-likeness (QED) is 0.219. The first-order valence-corrected chi connectivity index (χ1v) is 15.5. The molecule has 248 valence electrons. The van der Waals surface area contributed by atoms with Crippen LogP contribution in [0.2, 0.25) is 0 Å². The fraction of sp³-hybridized carbons (Fsp3) is 0.324. The number of piperidine rings is 1. The molecule has 1 fully saturated rings. The Bertz CT molecular complexity index is 2160. The zero-order chi connectivity index (χ0) is 34.4. The van der Waals surface area contributed by atoms with E-state index in [4.69, 9.17) is 15.8 Å². The molecule has 0 unspecified atom stereocenters. The van der Waals surface area contributed by atoms with Crippen LogP contribution in [0.3, 0.4) is 0 Å². The van der Waals surface area contributed by atoms with Crippen molar-refractivity contribution < 1.29 is 14.7 Å². The Hall–Kier alpha value is -5.81. The predicted octanol–water partition coefficient (Wildman–Crippen LogP) is 1.65. The van der Waals surface area contributed by atoms with E-state index in [-0.39, 0.29) is 31.6 Å². The minimum Gasteiger partial charge on any atom is -0.480 e. The number of aliphatic carboxylic acids is 1. The Labute approximate surface area is 275 Å². The van der Waals surface area contributed by atoms with E-state index in [1.54, 1.807) is 48.9 Å². The Morgan fingerprint density at radius 1 is 1.04 bits per heavy atom. The summed E-state index contributed by atoms with van der Waals surface area (Å²) in [5.41, 5.74) is 8.00. The number of carboxylic acid groups (broad SMARTS) is 1. The maximum Gasteiger partial charge on any atom is 0.332 e. The molecule has 3 aromatic heterocycles. The molecular formula is C34H37N9O5. The number of nitrogens with one attached hydrogen (secondary N) is 1. The van der Waals surface area contributed by atoms with E-state index in [1.807, 2.05) is 31.2 Å².